The van der Waals surface area contributed by atoms with Crippen molar-refractivity contribution in [3.05, 3.63) is 62.5 Å². The van der Waals surface area contributed by atoms with Gasteiger partial charge in [0.15, 0.2) is 0 Å². The van der Waals surface area contributed by atoms with Crippen molar-refractivity contribution in [3.8, 4) is 5.75 Å². The molecule has 1 unspecified atom stereocenters. The zero-order valence-electron chi connectivity index (χ0n) is 10.4. The number of rotatable bonds is 4. The molecule has 0 aromatic heterocycles. The van der Waals surface area contributed by atoms with E-state index in [1.165, 1.54) is 5.56 Å². The molecule has 0 radical (unpaired) electrons. The second-order valence-electron chi connectivity index (χ2n) is 4.19. The topological polar surface area (TPSA) is 9.23 Å². The zero-order valence-corrected chi connectivity index (χ0v) is 14.3. The average Bonchev–Trinajstić information content (AvgIpc) is 2.38. The number of ether oxygens (including phenoxy) is 1. The van der Waals surface area contributed by atoms with E-state index in [0.717, 1.165) is 26.7 Å². The number of methoxy groups -OCH3 is 1. The van der Waals surface area contributed by atoms with Crippen LogP contribution in [-0.4, -0.2) is 7.11 Å². The summed E-state index contributed by atoms with van der Waals surface area (Å²) in [5.74, 6) is 0.821. The van der Waals surface area contributed by atoms with Crippen LogP contribution < -0.4 is 4.74 Å². The first kappa shape index (κ1) is 14.9. The molecule has 0 amide bonds. The first-order valence-electron chi connectivity index (χ1n) is 5.82. The molecule has 2 aromatic rings. The molecule has 2 rings (SSSR count). The van der Waals surface area contributed by atoms with Gasteiger partial charge in [0.1, 0.15) is 5.75 Å². The van der Waals surface area contributed by atoms with Gasteiger partial charge in [0.2, 0.25) is 0 Å². The summed E-state index contributed by atoms with van der Waals surface area (Å²) in [6.45, 7) is 0. The predicted molar refractivity (Wildman–Crippen MR) is 87.1 cm³/mol. The Balaban J connectivity index is 2.18. The molecular formula is C15H13Br2ClO. The summed E-state index contributed by atoms with van der Waals surface area (Å²) in [5.41, 5.74) is 2.28. The molecule has 1 atom stereocenters. The highest BCUT2D eigenvalue weighted by molar-refractivity contribution is 9.10. The van der Waals surface area contributed by atoms with Gasteiger partial charge in [0.25, 0.3) is 0 Å². The van der Waals surface area contributed by atoms with E-state index < -0.39 is 0 Å². The van der Waals surface area contributed by atoms with E-state index in [4.69, 9.17) is 16.3 Å². The first-order chi connectivity index (χ1) is 9.10. The van der Waals surface area contributed by atoms with E-state index in [9.17, 15) is 0 Å². The van der Waals surface area contributed by atoms with E-state index in [-0.39, 0.29) is 5.38 Å². The molecule has 0 saturated carbocycles. The van der Waals surface area contributed by atoms with E-state index in [1.54, 1.807) is 7.11 Å². The summed E-state index contributed by atoms with van der Waals surface area (Å²) in [5, 5.41) is -0.0745. The molecule has 0 saturated heterocycles. The number of benzene rings is 2. The van der Waals surface area contributed by atoms with Crippen LogP contribution in [0.2, 0.25) is 0 Å². The fourth-order valence-electron chi connectivity index (χ4n) is 1.87. The van der Waals surface area contributed by atoms with Gasteiger partial charge < -0.3 is 4.74 Å². The minimum absolute atomic E-state index is 0.0745. The predicted octanol–water partition coefficient (Wildman–Crippen LogP) is 5.74. The van der Waals surface area contributed by atoms with Gasteiger partial charge in [-0.25, -0.2) is 0 Å². The second kappa shape index (κ2) is 6.78. The van der Waals surface area contributed by atoms with Crippen molar-refractivity contribution in [2.75, 3.05) is 7.11 Å². The normalized spacial score (nSPS) is 12.2. The van der Waals surface area contributed by atoms with Crippen molar-refractivity contribution < 1.29 is 4.74 Å². The van der Waals surface area contributed by atoms with Crippen molar-refractivity contribution in [3.63, 3.8) is 0 Å². The minimum Gasteiger partial charge on any atom is -0.497 e. The van der Waals surface area contributed by atoms with Crippen molar-refractivity contribution in [2.45, 2.75) is 11.8 Å². The molecule has 0 aliphatic carbocycles. The number of alkyl halides is 1. The van der Waals surface area contributed by atoms with Gasteiger partial charge in [-0.15, -0.1) is 11.6 Å². The van der Waals surface area contributed by atoms with Gasteiger partial charge in [-0.2, -0.15) is 0 Å². The highest BCUT2D eigenvalue weighted by atomic mass is 79.9. The summed E-state index contributed by atoms with van der Waals surface area (Å²) in [7, 11) is 1.65. The molecule has 0 bridgehead atoms. The average molecular weight is 405 g/mol. The quantitative estimate of drug-likeness (QED) is 0.590. The van der Waals surface area contributed by atoms with Crippen molar-refractivity contribution >= 4 is 43.5 Å². The third kappa shape index (κ3) is 3.98. The monoisotopic (exact) mass is 402 g/mol. The van der Waals surface area contributed by atoms with E-state index in [1.807, 2.05) is 30.3 Å². The fraction of sp³-hybridized carbons (Fsp3) is 0.200. The van der Waals surface area contributed by atoms with Gasteiger partial charge in [0, 0.05) is 8.95 Å². The molecule has 0 fully saturated rings. The highest BCUT2D eigenvalue weighted by Gasteiger charge is 2.13. The van der Waals surface area contributed by atoms with Crippen molar-refractivity contribution in [1.29, 1.82) is 0 Å². The highest BCUT2D eigenvalue weighted by Crippen LogP contribution is 2.33. The van der Waals surface area contributed by atoms with Crippen LogP contribution in [0.4, 0.5) is 0 Å². The van der Waals surface area contributed by atoms with Crippen molar-refractivity contribution in [2.24, 2.45) is 0 Å². The van der Waals surface area contributed by atoms with Crippen LogP contribution in [0.15, 0.2) is 51.4 Å². The standard InChI is InChI=1S/C15H13Br2ClO/c1-19-12-5-6-13(14(17)9-12)15(18)8-10-3-2-4-11(16)7-10/h2-7,9,15H,8H2,1H3. The first-order valence-corrected chi connectivity index (χ1v) is 7.84. The van der Waals surface area contributed by atoms with Crippen LogP contribution >= 0.6 is 43.5 Å². The number of hydrogen-bond acceptors (Lipinski definition) is 1. The molecule has 1 nitrogen and oxygen atoms in total. The lowest BCUT2D eigenvalue weighted by Crippen LogP contribution is -1.97. The van der Waals surface area contributed by atoms with Crippen LogP contribution in [0, 0.1) is 0 Å². The Morgan fingerprint density at radius 1 is 1.16 bits per heavy atom. The molecule has 19 heavy (non-hydrogen) atoms. The Hall–Kier alpha value is -0.510. The summed E-state index contributed by atoms with van der Waals surface area (Å²) >= 11 is 13.5. The van der Waals surface area contributed by atoms with Crippen LogP contribution in [0.1, 0.15) is 16.5 Å². The van der Waals surface area contributed by atoms with Crippen molar-refractivity contribution in [1.82, 2.24) is 0 Å². The van der Waals surface area contributed by atoms with Gasteiger partial charge in [0.05, 0.1) is 12.5 Å². The minimum atomic E-state index is -0.0745. The second-order valence-corrected chi connectivity index (χ2v) is 6.49. The van der Waals surface area contributed by atoms with Gasteiger partial charge in [-0.3, -0.25) is 0 Å². The van der Waals surface area contributed by atoms with Crippen LogP contribution in [0.3, 0.4) is 0 Å². The molecule has 0 aliphatic heterocycles. The van der Waals surface area contributed by atoms with E-state index in [0.29, 0.717) is 0 Å². The fourth-order valence-corrected chi connectivity index (χ4v) is 3.45. The largest absolute Gasteiger partial charge is 0.497 e. The van der Waals surface area contributed by atoms with E-state index >= 15 is 0 Å². The molecular weight excluding hydrogens is 391 g/mol. The molecule has 0 heterocycles. The lowest BCUT2D eigenvalue weighted by molar-refractivity contribution is 0.414. The number of halogens is 3. The Labute approximate surface area is 135 Å². The maximum atomic E-state index is 6.51. The zero-order chi connectivity index (χ0) is 13.8. The molecule has 0 aliphatic rings. The lowest BCUT2D eigenvalue weighted by Gasteiger charge is -2.13. The number of hydrogen-bond donors (Lipinski definition) is 0. The Morgan fingerprint density at radius 2 is 1.95 bits per heavy atom. The maximum Gasteiger partial charge on any atom is 0.120 e. The maximum absolute atomic E-state index is 6.51. The molecule has 0 spiro atoms. The Bertz CT molecular complexity index is 572. The Morgan fingerprint density at radius 3 is 2.58 bits per heavy atom. The lowest BCUT2D eigenvalue weighted by atomic mass is 10.0. The summed E-state index contributed by atoms with van der Waals surface area (Å²) in [6.07, 6.45) is 0.784. The SMILES string of the molecule is COc1ccc(C(Cl)Cc2cccc(Br)c2)c(Br)c1. The van der Waals surface area contributed by atoms with E-state index in [2.05, 4.69) is 44.0 Å². The Kier molecular flexibility index (Phi) is 5.31. The molecule has 4 heteroatoms. The smallest absolute Gasteiger partial charge is 0.120 e. The van der Waals surface area contributed by atoms with Crippen LogP contribution in [0.25, 0.3) is 0 Å². The van der Waals surface area contributed by atoms with Crippen LogP contribution in [0.5, 0.6) is 5.75 Å². The molecule has 100 valence electrons. The molecule has 0 N–H and O–H groups in total. The van der Waals surface area contributed by atoms with Crippen LogP contribution in [-0.2, 0) is 6.42 Å². The molecule has 2 aromatic carbocycles. The summed E-state index contributed by atoms with van der Waals surface area (Å²) < 4.78 is 7.23. The van der Waals surface area contributed by atoms with Gasteiger partial charge >= 0.3 is 0 Å². The third-order valence-corrected chi connectivity index (χ3v) is 4.42. The van der Waals surface area contributed by atoms with Gasteiger partial charge in [-0.1, -0.05) is 50.1 Å². The third-order valence-electron chi connectivity index (χ3n) is 2.85. The summed E-state index contributed by atoms with van der Waals surface area (Å²) in [4.78, 5) is 0. The van der Waals surface area contributed by atoms with Gasteiger partial charge in [-0.05, 0) is 41.8 Å². The summed E-state index contributed by atoms with van der Waals surface area (Å²) in [6, 6.07) is 14.1.